The second-order valence-electron chi connectivity index (χ2n) is 6.19. The maximum absolute atomic E-state index is 13.2. The van der Waals surface area contributed by atoms with Gasteiger partial charge in [0, 0.05) is 17.5 Å². The molecule has 132 valence electrons. The first-order valence-electron chi connectivity index (χ1n) is 8.45. The Bertz CT molecular complexity index is 966. The minimum Gasteiger partial charge on any atom is -0.504 e. The molecule has 0 saturated heterocycles. The minimum absolute atomic E-state index is 0.0957. The summed E-state index contributed by atoms with van der Waals surface area (Å²) in [6.45, 7) is 0. The lowest BCUT2D eigenvalue weighted by Crippen LogP contribution is -2.16. The van der Waals surface area contributed by atoms with Crippen LogP contribution in [0.4, 0.5) is 10.2 Å². The van der Waals surface area contributed by atoms with Gasteiger partial charge in [-0.25, -0.2) is 14.1 Å². The lowest BCUT2D eigenvalue weighted by molar-refractivity contribution is 0.102. The lowest BCUT2D eigenvalue weighted by Gasteiger charge is -2.14. The Kier molecular flexibility index (Phi) is 4.12. The number of fused-ring (bicyclic) bond motifs is 1. The number of amides is 1. The number of aromatic hydroxyl groups is 1. The second kappa shape index (κ2) is 6.59. The van der Waals surface area contributed by atoms with Gasteiger partial charge >= 0.3 is 0 Å². The standard InChI is InChI=1S/C19H17FN4O2/c20-12-7-9-13(10-8-12)24-15-5-2-1-4-14(15)17(23-24)19(26)22-18-16(25)6-3-11-21-18/h3,6-11,25H,1-2,4-5H2,(H,21,22,26). The molecular weight excluding hydrogens is 335 g/mol. The molecule has 1 aromatic carbocycles. The zero-order chi connectivity index (χ0) is 18.1. The highest BCUT2D eigenvalue weighted by atomic mass is 19.1. The van der Waals surface area contributed by atoms with E-state index >= 15 is 0 Å². The predicted molar refractivity (Wildman–Crippen MR) is 94.0 cm³/mol. The van der Waals surface area contributed by atoms with E-state index in [1.165, 1.54) is 24.4 Å². The largest absolute Gasteiger partial charge is 0.504 e. The molecule has 4 rings (SSSR count). The molecular formula is C19H17FN4O2. The van der Waals surface area contributed by atoms with Gasteiger partial charge in [-0.3, -0.25) is 4.79 Å². The van der Waals surface area contributed by atoms with Gasteiger partial charge in [-0.1, -0.05) is 0 Å². The van der Waals surface area contributed by atoms with E-state index < -0.39 is 5.91 Å². The molecule has 0 aliphatic heterocycles. The fourth-order valence-electron chi connectivity index (χ4n) is 3.24. The highest BCUT2D eigenvalue weighted by Crippen LogP contribution is 2.28. The van der Waals surface area contributed by atoms with Crippen molar-refractivity contribution in [1.82, 2.24) is 14.8 Å². The van der Waals surface area contributed by atoms with E-state index in [0.29, 0.717) is 11.4 Å². The van der Waals surface area contributed by atoms with Crippen LogP contribution in [0, 0.1) is 5.82 Å². The number of carbonyl (C=O) groups is 1. The van der Waals surface area contributed by atoms with Gasteiger partial charge in [0.05, 0.1) is 5.69 Å². The topological polar surface area (TPSA) is 80.0 Å². The number of aromatic nitrogens is 3. The Balaban J connectivity index is 1.73. The van der Waals surface area contributed by atoms with Crippen LogP contribution < -0.4 is 5.32 Å². The van der Waals surface area contributed by atoms with Gasteiger partial charge in [0.1, 0.15) is 5.82 Å². The average Bonchev–Trinajstić information content (AvgIpc) is 3.04. The monoisotopic (exact) mass is 352 g/mol. The molecule has 0 atom stereocenters. The number of carbonyl (C=O) groups excluding carboxylic acids is 1. The summed E-state index contributed by atoms with van der Waals surface area (Å²) in [5.74, 6) is -0.748. The average molecular weight is 352 g/mol. The van der Waals surface area contributed by atoms with E-state index in [0.717, 1.165) is 36.9 Å². The number of hydrogen-bond acceptors (Lipinski definition) is 4. The van der Waals surface area contributed by atoms with Crippen molar-refractivity contribution in [2.45, 2.75) is 25.7 Å². The molecule has 1 aliphatic carbocycles. The highest BCUT2D eigenvalue weighted by Gasteiger charge is 2.26. The third-order valence-corrected chi connectivity index (χ3v) is 4.48. The molecule has 6 nitrogen and oxygen atoms in total. The predicted octanol–water partition coefficient (Wildman–Crippen LogP) is 3.24. The van der Waals surface area contributed by atoms with Crippen LogP contribution in [0.2, 0.25) is 0 Å². The van der Waals surface area contributed by atoms with Crippen molar-refractivity contribution in [3.8, 4) is 11.4 Å². The molecule has 26 heavy (non-hydrogen) atoms. The van der Waals surface area contributed by atoms with Crippen LogP contribution in [0.5, 0.6) is 5.75 Å². The Morgan fingerprint density at radius 1 is 1.15 bits per heavy atom. The van der Waals surface area contributed by atoms with Crippen LogP contribution in [-0.4, -0.2) is 25.8 Å². The number of nitrogens with zero attached hydrogens (tertiary/aromatic N) is 3. The summed E-state index contributed by atoms with van der Waals surface area (Å²) in [6.07, 6.45) is 5.05. The summed E-state index contributed by atoms with van der Waals surface area (Å²) >= 11 is 0. The molecule has 0 spiro atoms. The normalized spacial score (nSPS) is 13.3. The summed E-state index contributed by atoms with van der Waals surface area (Å²) in [5.41, 5.74) is 2.89. The third-order valence-electron chi connectivity index (χ3n) is 4.48. The van der Waals surface area contributed by atoms with Gasteiger partial charge in [-0.2, -0.15) is 5.10 Å². The molecule has 2 heterocycles. The molecule has 0 bridgehead atoms. The summed E-state index contributed by atoms with van der Waals surface area (Å²) in [7, 11) is 0. The van der Waals surface area contributed by atoms with Crippen LogP contribution in [0.15, 0.2) is 42.6 Å². The van der Waals surface area contributed by atoms with E-state index in [4.69, 9.17) is 0 Å². The van der Waals surface area contributed by atoms with Crippen molar-refractivity contribution in [2.75, 3.05) is 5.32 Å². The van der Waals surface area contributed by atoms with Gasteiger partial charge in [0.15, 0.2) is 17.3 Å². The first-order chi connectivity index (χ1) is 12.6. The molecule has 2 aromatic heterocycles. The number of anilines is 1. The number of rotatable bonds is 3. The highest BCUT2D eigenvalue weighted by molar-refractivity contribution is 6.04. The Morgan fingerprint density at radius 2 is 1.92 bits per heavy atom. The van der Waals surface area contributed by atoms with E-state index in [-0.39, 0.29) is 17.4 Å². The number of nitrogens with one attached hydrogen (secondary N) is 1. The lowest BCUT2D eigenvalue weighted by atomic mass is 9.95. The van der Waals surface area contributed by atoms with Crippen molar-refractivity contribution in [3.05, 3.63) is 65.4 Å². The van der Waals surface area contributed by atoms with Gasteiger partial charge in [0.25, 0.3) is 5.91 Å². The molecule has 1 aliphatic rings. The summed E-state index contributed by atoms with van der Waals surface area (Å²) < 4.78 is 14.9. The van der Waals surface area contributed by atoms with Crippen molar-refractivity contribution >= 4 is 11.7 Å². The third kappa shape index (κ3) is 2.92. The number of hydrogen-bond donors (Lipinski definition) is 2. The van der Waals surface area contributed by atoms with Crippen LogP contribution in [0.1, 0.15) is 34.6 Å². The summed E-state index contributed by atoms with van der Waals surface area (Å²) in [6, 6.07) is 9.06. The van der Waals surface area contributed by atoms with E-state index in [2.05, 4.69) is 15.4 Å². The fraction of sp³-hybridized carbons (Fsp3) is 0.211. The summed E-state index contributed by atoms with van der Waals surface area (Å²) in [4.78, 5) is 16.7. The Hall–Kier alpha value is -3.22. The molecule has 0 saturated carbocycles. The van der Waals surface area contributed by atoms with Gasteiger partial charge < -0.3 is 10.4 Å². The molecule has 0 fully saturated rings. The van der Waals surface area contributed by atoms with Crippen LogP contribution in [0.3, 0.4) is 0 Å². The molecule has 1 amide bonds. The van der Waals surface area contributed by atoms with Crippen molar-refractivity contribution in [2.24, 2.45) is 0 Å². The molecule has 2 N–H and O–H groups in total. The van der Waals surface area contributed by atoms with E-state index in [9.17, 15) is 14.3 Å². The number of halogens is 1. The molecule has 0 unspecified atom stereocenters. The maximum atomic E-state index is 13.2. The quantitative estimate of drug-likeness (QED) is 0.758. The number of pyridine rings is 1. The molecule has 7 heteroatoms. The first-order valence-corrected chi connectivity index (χ1v) is 8.45. The van der Waals surface area contributed by atoms with Gasteiger partial charge in [-0.05, 0) is 62.1 Å². The Labute approximate surface area is 149 Å². The molecule has 0 radical (unpaired) electrons. The number of benzene rings is 1. The summed E-state index contributed by atoms with van der Waals surface area (Å²) in [5, 5.41) is 16.9. The van der Waals surface area contributed by atoms with Crippen molar-refractivity contribution < 1.29 is 14.3 Å². The molecule has 3 aromatic rings. The Morgan fingerprint density at radius 3 is 2.69 bits per heavy atom. The van der Waals surface area contributed by atoms with E-state index in [1.807, 2.05) is 0 Å². The smallest absolute Gasteiger partial charge is 0.277 e. The SMILES string of the molecule is O=C(Nc1ncccc1O)c1nn(-c2ccc(F)cc2)c2c1CCCC2. The van der Waals surface area contributed by atoms with Gasteiger partial charge in [0.2, 0.25) is 0 Å². The van der Waals surface area contributed by atoms with Gasteiger partial charge in [-0.15, -0.1) is 0 Å². The zero-order valence-corrected chi connectivity index (χ0v) is 13.9. The van der Waals surface area contributed by atoms with Crippen LogP contribution in [-0.2, 0) is 12.8 Å². The zero-order valence-electron chi connectivity index (χ0n) is 13.9. The van der Waals surface area contributed by atoms with Crippen LogP contribution in [0.25, 0.3) is 5.69 Å². The minimum atomic E-state index is -0.419. The van der Waals surface area contributed by atoms with Crippen LogP contribution >= 0.6 is 0 Å². The van der Waals surface area contributed by atoms with Crippen molar-refractivity contribution in [1.29, 1.82) is 0 Å². The van der Waals surface area contributed by atoms with Crippen molar-refractivity contribution in [3.63, 3.8) is 0 Å². The second-order valence-corrected chi connectivity index (χ2v) is 6.19. The maximum Gasteiger partial charge on any atom is 0.277 e. The van der Waals surface area contributed by atoms with E-state index in [1.54, 1.807) is 22.9 Å². The fourth-order valence-corrected chi connectivity index (χ4v) is 3.24. The first kappa shape index (κ1) is 16.3.